The molecule has 0 spiro atoms. The van der Waals surface area contributed by atoms with E-state index < -0.39 is 5.82 Å². The summed E-state index contributed by atoms with van der Waals surface area (Å²) in [6, 6.07) is 14.4. The van der Waals surface area contributed by atoms with Crippen LogP contribution in [0.3, 0.4) is 0 Å². The van der Waals surface area contributed by atoms with Crippen LogP contribution >= 0.6 is 11.6 Å². The SMILES string of the molecule is CC(C)CCN(CC(=O)Nc1cc(C(C)(C)C)nn1-c1ccc(Cl)cc1)C(=O)c1ccc(F)cc1. The maximum Gasteiger partial charge on any atom is 0.254 e. The van der Waals surface area contributed by atoms with E-state index in [1.165, 1.54) is 29.2 Å². The first-order chi connectivity index (χ1) is 16.4. The third-order valence-corrected chi connectivity index (χ3v) is 5.76. The van der Waals surface area contributed by atoms with Crippen LogP contribution in [0.25, 0.3) is 5.69 Å². The van der Waals surface area contributed by atoms with Crippen LogP contribution in [-0.4, -0.2) is 39.6 Å². The Morgan fingerprint density at radius 1 is 1.09 bits per heavy atom. The molecule has 2 aromatic carbocycles. The molecule has 0 aliphatic heterocycles. The van der Waals surface area contributed by atoms with Crippen molar-refractivity contribution >= 4 is 29.2 Å². The number of hydrogen-bond acceptors (Lipinski definition) is 3. The van der Waals surface area contributed by atoms with Crippen molar-refractivity contribution in [3.63, 3.8) is 0 Å². The average Bonchev–Trinajstić information content (AvgIpc) is 3.21. The summed E-state index contributed by atoms with van der Waals surface area (Å²) < 4.78 is 15.0. The number of carbonyl (C=O) groups is 2. The lowest BCUT2D eigenvalue weighted by molar-refractivity contribution is -0.117. The molecule has 3 rings (SSSR count). The Bertz CT molecular complexity index is 1170. The van der Waals surface area contributed by atoms with E-state index in [4.69, 9.17) is 16.7 Å². The fourth-order valence-electron chi connectivity index (χ4n) is 3.41. The zero-order valence-electron chi connectivity index (χ0n) is 20.8. The molecule has 2 amide bonds. The van der Waals surface area contributed by atoms with E-state index in [0.29, 0.717) is 28.9 Å². The molecular formula is C27H32ClFN4O2. The highest BCUT2D eigenvalue weighted by atomic mass is 35.5. The Kier molecular flexibility index (Phi) is 8.33. The first-order valence-electron chi connectivity index (χ1n) is 11.6. The predicted molar refractivity (Wildman–Crippen MR) is 138 cm³/mol. The summed E-state index contributed by atoms with van der Waals surface area (Å²) in [5.41, 5.74) is 1.66. The fraction of sp³-hybridized carbons (Fsp3) is 0.370. The van der Waals surface area contributed by atoms with Crippen LogP contribution in [0.5, 0.6) is 0 Å². The minimum absolute atomic E-state index is 0.139. The fourth-order valence-corrected chi connectivity index (χ4v) is 3.54. The van der Waals surface area contributed by atoms with Gasteiger partial charge in [-0.05, 0) is 60.9 Å². The molecule has 1 aromatic heterocycles. The number of amides is 2. The molecule has 1 heterocycles. The smallest absolute Gasteiger partial charge is 0.254 e. The summed E-state index contributed by atoms with van der Waals surface area (Å²) >= 11 is 6.04. The molecule has 0 bridgehead atoms. The van der Waals surface area contributed by atoms with Crippen molar-refractivity contribution < 1.29 is 14.0 Å². The van der Waals surface area contributed by atoms with Crippen LogP contribution in [-0.2, 0) is 10.2 Å². The number of hydrogen-bond donors (Lipinski definition) is 1. The number of benzene rings is 2. The van der Waals surface area contributed by atoms with E-state index in [1.807, 2.05) is 39.0 Å². The summed E-state index contributed by atoms with van der Waals surface area (Å²) in [4.78, 5) is 27.7. The Morgan fingerprint density at radius 2 is 1.71 bits per heavy atom. The molecule has 0 aliphatic rings. The molecule has 35 heavy (non-hydrogen) atoms. The van der Waals surface area contributed by atoms with Gasteiger partial charge >= 0.3 is 0 Å². The highest BCUT2D eigenvalue weighted by Gasteiger charge is 2.24. The Balaban J connectivity index is 1.85. The largest absolute Gasteiger partial charge is 0.329 e. The topological polar surface area (TPSA) is 67.2 Å². The van der Waals surface area contributed by atoms with Crippen LogP contribution in [0.4, 0.5) is 10.2 Å². The third kappa shape index (κ3) is 7.15. The van der Waals surface area contributed by atoms with Crippen molar-refractivity contribution in [2.24, 2.45) is 5.92 Å². The van der Waals surface area contributed by atoms with Crippen molar-refractivity contribution in [2.75, 3.05) is 18.4 Å². The lowest BCUT2D eigenvalue weighted by atomic mass is 9.92. The Morgan fingerprint density at radius 3 is 2.29 bits per heavy atom. The number of nitrogens with zero attached hydrogens (tertiary/aromatic N) is 3. The standard InChI is InChI=1S/C27H32ClFN4O2/c1-18(2)14-15-32(26(35)19-6-10-21(29)11-7-19)17-25(34)30-24-16-23(27(3,4)5)31-33(24)22-12-8-20(28)9-13-22/h6-13,16,18H,14-15,17H2,1-5H3,(H,30,34). The van der Waals surface area contributed by atoms with Crippen LogP contribution in [0.1, 0.15) is 57.1 Å². The molecule has 3 aromatic rings. The molecule has 0 unspecified atom stereocenters. The maximum absolute atomic E-state index is 13.3. The molecule has 0 atom stereocenters. The number of halogens is 2. The Hall–Kier alpha value is -3.19. The third-order valence-electron chi connectivity index (χ3n) is 5.51. The molecule has 186 valence electrons. The zero-order chi connectivity index (χ0) is 25.8. The summed E-state index contributed by atoms with van der Waals surface area (Å²) in [5.74, 6) is -0.233. The quantitative estimate of drug-likeness (QED) is 0.408. The molecule has 8 heteroatoms. The summed E-state index contributed by atoms with van der Waals surface area (Å²) in [6.45, 7) is 10.5. The van der Waals surface area contributed by atoms with Gasteiger partial charge in [-0.1, -0.05) is 46.2 Å². The van der Waals surface area contributed by atoms with Crippen molar-refractivity contribution in [1.82, 2.24) is 14.7 Å². The molecule has 0 fully saturated rings. The number of aromatic nitrogens is 2. The van der Waals surface area contributed by atoms with Gasteiger partial charge in [0.1, 0.15) is 18.2 Å². The minimum Gasteiger partial charge on any atom is -0.329 e. The lowest BCUT2D eigenvalue weighted by Crippen LogP contribution is -2.39. The number of anilines is 1. The van der Waals surface area contributed by atoms with Crippen LogP contribution < -0.4 is 5.32 Å². The second-order valence-corrected chi connectivity index (χ2v) is 10.5. The zero-order valence-corrected chi connectivity index (χ0v) is 21.6. The van der Waals surface area contributed by atoms with Crippen LogP contribution in [0.15, 0.2) is 54.6 Å². The molecule has 1 N–H and O–H groups in total. The highest BCUT2D eigenvalue weighted by molar-refractivity contribution is 6.30. The molecule has 0 aliphatic carbocycles. The molecular weight excluding hydrogens is 467 g/mol. The summed E-state index contributed by atoms with van der Waals surface area (Å²) in [6.07, 6.45) is 0.733. The summed E-state index contributed by atoms with van der Waals surface area (Å²) in [5, 5.41) is 8.23. The Labute approximate surface area is 211 Å². The van der Waals surface area contributed by atoms with Gasteiger partial charge in [-0.15, -0.1) is 0 Å². The molecule has 6 nitrogen and oxygen atoms in total. The van der Waals surface area contributed by atoms with Gasteiger partial charge in [0.25, 0.3) is 5.91 Å². The highest BCUT2D eigenvalue weighted by Crippen LogP contribution is 2.27. The van der Waals surface area contributed by atoms with E-state index >= 15 is 0 Å². The van der Waals surface area contributed by atoms with Crippen LogP contribution in [0, 0.1) is 11.7 Å². The van der Waals surface area contributed by atoms with E-state index in [0.717, 1.165) is 17.8 Å². The van der Waals surface area contributed by atoms with Gasteiger partial charge in [0.05, 0.1) is 11.4 Å². The van der Waals surface area contributed by atoms with Crippen molar-refractivity contribution in [2.45, 2.75) is 46.5 Å². The monoisotopic (exact) mass is 498 g/mol. The second-order valence-electron chi connectivity index (χ2n) is 10.0. The first kappa shape index (κ1) is 26.4. The number of rotatable bonds is 8. The number of carbonyl (C=O) groups excluding carboxylic acids is 2. The van der Waals surface area contributed by atoms with Gasteiger partial charge in [0.2, 0.25) is 5.91 Å². The predicted octanol–water partition coefficient (Wildman–Crippen LogP) is 6.09. The van der Waals surface area contributed by atoms with Crippen molar-refractivity contribution in [1.29, 1.82) is 0 Å². The molecule has 0 saturated heterocycles. The van der Waals surface area contributed by atoms with Gasteiger partial charge in [-0.3, -0.25) is 9.59 Å². The van der Waals surface area contributed by atoms with E-state index in [1.54, 1.807) is 16.8 Å². The summed E-state index contributed by atoms with van der Waals surface area (Å²) in [7, 11) is 0. The van der Waals surface area contributed by atoms with Crippen LogP contribution in [0.2, 0.25) is 5.02 Å². The van der Waals surface area contributed by atoms with E-state index in [2.05, 4.69) is 19.2 Å². The molecule has 0 radical (unpaired) electrons. The van der Waals surface area contributed by atoms with Gasteiger partial charge in [0.15, 0.2) is 0 Å². The van der Waals surface area contributed by atoms with Crippen molar-refractivity contribution in [3.05, 3.63) is 76.7 Å². The van der Waals surface area contributed by atoms with Crippen molar-refractivity contribution in [3.8, 4) is 5.69 Å². The maximum atomic E-state index is 13.3. The van der Waals surface area contributed by atoms with Gasteiger partial charge in [-0.2, -0.15) is 5.10 Å². The molecule has 0 saturated carbocycles. The minimum atomic E-state index is -0.418. The average molecular weight is 499 g/mol. The number of nitrogens with one attached hydrogen (secondary N) is 1. The van der Waals surface area contributed by atoms with Gasteiger partial charge in [0, 0.05) is 28.6 Å². The van der Waals surface area contributed by atoms with E-state index in [-0.39, 0.29) is 23.8 Å². The van der Waals surface area contributed by atoms with Gasteiger partial charge < -0.3 is 10.2 Å². The normalized spacial score (nSPS) is 11.5. The first-order valence-corrected chi connectivity index (χ1v) is 12.0. The second kappa shape index (κ2) is 11.0. The van der Waals surface area contributed by atoms with E-state index in [9.17, 15) is 14.0 Å². The lowest BCUT2D eigenvalue weighted by Gasteiger charge is -2.23. The van der Waals surface area contributed by atoms with Gasteiger partial charge in [-0.25, -0.2) is 9.07 Å².